The van der Waals surface area contributed by atoms with Crippen LogP contribution in [0, 0.1) is 83.7 Å². The Balaban J connectivity index is 0.000000184. The van der Waals surface area contributed by atoms with Gasteiger partial charge in [0.2, 0.25) is 11.6 Å². The number of unbranched alkanes of at least 4 members (excludes halogenated alkanes) is 2. The van der Waals surface area contributed by atoms with Gasteiger partial charge in [0.25, 0.3) is 0 Å². The van der Waals surface area contributed by atoms with Crippen LogP contribution in [0.5, 0.6) is 11.5 Å². The lowest BCUT2D eigenvalue weighted by molar-refractivity contribution is -0.120. The van der Waals surface area contributed by atoms with E-state index in [1.165, 1.54) is 62.9 Å². The van der Waals surface area contributed by atoms with E-state index < -0.39 is 69.8 Å². The Bertz CT molecular complexity index is 3630. The molecule has 512 valence electrons. The minimum Gasteiger partial charge on any atom is -0.490 e. The Morgan fingerprint density at radius 3 is 1.09 bits per heavy atom. The summed E-state index contributed by atoms with van der Waals surface area (Å²) < 4.78 is 192. The van der Waals surface area contributed by atoms with Gasteiger partial charge in [-0.25, -0.2) is 43.9 Å². The van der Waals surface area contributed by atoms with Crippen LogP contribution in [0.3, 0.4) is 0 Å². The normalized spacial score (nSPS) is 18.7. The van der Waals surface area contributed by atoms with Crippen molar-refractivity contribution in [3.63, 3.8) is 0 Å². The molecule has 12 rings (SSSR count). The van der Waals surface area contributed by atoms with Gasteiger partial charge in [0.15, 0.2) is 69.7 Å². The van der Waals surface area contributed by atoms with Crippen molar-refractivity contribution in [2.75, 3.05) is 39.6 Å². The van der Waals surface area contributed by atoms with E-state index in [0.717, 1.165) is 58.2 Å². The molecule has 3 unspecified atom stereocenters. The topological polar surface area (TPSA) is 54.0 Å². The van der Waals surface area contributed by atoms with Gasteiger partial charge in [-0.3, -0.25) is 4.79 Å². The fourth-order valence-electron chi connectivity index (χ4n) is 12.7. The van der Waals surface area contributed by atoms with E-state index in [0.29, 0.717) is 136 Å². The van der Waals surface area contributed by atoms with Gasteiger partial charge in [-0.15, -0.1) is 0 Å². The number of hydrogen-bond acceptors (Lipinski definition) is 5. The van der Waals surface area contributed by atoms with Gasteiger partial charge in [-0.05, 0) is 227 Å². The molecule has 0 radical (unpaired) electrons. The standard InChI is InChI=1S/C35H34F6O.C22H22F4O.C13H14F2O.2C4H8O/c1-3-4-19-42-29-18-17-28(34(40)35(29)41)24-12-10-23(11-13-24)27-16-15-26(32(38)33(27)39)22-8-6-21(7-9-22)25-14-5-20(2)30(36)31(25)37;1-2-3-13-27-19-12-11-17(21(25)22(19)26)15-9-7-14(8-10-15)16-5-4-6-18(23)20(16)24;1-8-2-7-11(13(15)12(8)14)9-3-5-10(16)6-4-9;2*1-2-4-5-3-1/h5,8,12,14-18,21,23H,3-4,6-7,9-11,13,19H2,1-2H3;4-6,9,11-12,14H,2-3,7-8,10,13H2,1H3;2,7,9H,3-6H2,1H3;2*1-4H2. The minimum atomic E-state index is -1.02. The summed E-state index contributed by atoms with van der Waals surface area (Å²) in [6, 6.07) is 19.6. The van der Waals surface area contributed by atoms with Crippen molar-refractivity contribution in [1.29, 1.82) is 0 Å². The molecule has 4 aliphatic carbocycles. The van der Waals surface area contributed by atoms with Crippen molar-refractivity contribution in [3.8, 4) is 11.5 Å². The molecule has 95 heavy (non-hydrogen) atoms. The summed E-state index contributed by atoms with van der Waals surface area (Å²) in [4.78, 5) is 11.1. The highest BCUT2D eigenvalue weighted by atomic mass is 19.2. The molecule has 6 aromatic rings. The molecule has 2 aliphatic heterocycles. The Morgan fingerprint density at radius 2 is 0.726 bits per heavy atom. The maximum Gasteiger partial charge on any atom is 0.201 e. The van der Waals surface area contributed by atoms with Gasteiger partial charge in [0.1, 0.15) is 5.78 Å². The van der Waals surface area contributed by atoms with Crippen LogP contribution in [-0.2, 0) is 14.3 Å². The number of aryl methyl sites for hydroxylation is 2. The number of halogens is 12. The first-order chi connectivity index (χ1) is 45.8. The Morgan fingerprint density at radius 1 is 0.379 bits per heavy atom. The van der Waals surface area contributed by atoms with Gasteiger partial charge in [-0.2, -0.15) is 8.78 Å². The predicted octanol–water partition coefficient (Wildman–Crippen LogP) is 22.6. The van der Waals surface area contributed by atoms with E-state index in [2.05, 4.69) is 0 Å². The molecule has 17 heteroatoms. The molecule has 6 aliphatic rings. The molecule has 5 nitrogen and oxygen atoms in total. The van der Waals surface area contributed by atoms with Gasteiger partial charge in [0, 0.05) is 56.0 Å². The van der Waals surface area contributed by atoms with Crippen LogP contribution in [0.2, 0.25) is 0 Å². The third-order valence-electron chi connectivity index (χ3n) is 18.5. The van der Waals surface area contributed by atoms with Crippen LogP contribution in [0.1, 0.15) is 222 Å². The number of benzene rings is 6. The molecule has 0 bridgehead atoms. The van der Waals surface area contributed by atoms with Crippen LogP contribution >= 0.6 is 0 Å². The molecule has 0 spiro atoms. The van der Waals surface area contributed by atoms with Gasteiger partial charge in [-0.1, -0.05) is 93.4 Å². The molecule has 3 atom stereocenters. The van der Waals surface area contributed by atoms with Gasteiger partial charge >= 0.3 is 0 Å². The molecule has 0 amide bonds. The molecule has 6 aromatic carbocycles. The van der Waals surface area contributed by atoms with E-state index in [1.54, 1.807) is 67.6 Å². The SMILES string of the molecule is C1CCOC1.C1CCOC1.CCCCOc1ccc(C2=CCC(c3ccc(C4=CCC(c5ccc(C)c(F)c5F)CC4)c(F)c3F)CC2)c(F)c1F.CCCCOc1ccc(C2=CCC(c3cccc(F)c3F)CC2)c(F)c1F.Cc1ccc(C2CCC(=O)CC2)c(F)c1F. The fourth-order valence-corrected chi connectivity index (χ4v) is 12.7. The minimum absolute atomic E-state index is 0.00667. The number of ketones is 1. The van der Waals surface area contributed by atoms with Crippen molar-refractivity contribution < 1.29 is 76.4 Å². The van der Waals surface area contributed by atoms with Crippen LogP contribution in [0.15, 0.2) is 97.1 Å². The van der Waals surface area contributed by atoms with Crippen molar-refractivity contribution in [1.82, 2.24) is 0 Å². The van der Waals surface area contributed by atoms with Crippen LogP contribution in [0.4, 0.5) is 52.7 Å². The zero-order valence-electron chi connectivity index (χ0n) is 54.7. The third-order valence-corrected chi connectivity index (χ3v) is 18.5. The lowest BCUT2D eigenvalue weighted by atomic mass is 9.80. The average Bonchev–Trinajstić information content (AvgIpc) is 1.98. The summed E-state index contributed by atoms with van der Waals surface area (Å²) in [5.41, 5.74) is 4.38. The first-order valence-corrected chi connectivity index (χ1v) is 33.6. The Labute approximate surface area is 551 Å². The molecular formula is C78H86F12O5. The van der Waals surface area contributed by atoms with E-state index in [9.17, 15) is 48.7 Å². The summed E-state index contributed by atoms with van der Waals surface area (Å²) in [6.45, 7) is 11.7. The Hall–Kier alpha value is -7.11. The maximum absolute atomic E-state index is 15.3. The average molecular weight is 1330 g/mol. The molecule has 2 saturated heterocycles. The number of allylic oxidation sites excluding steroid dienone is 6. The number of hydrogen-bond donors (Lipinski definition) is 0. The number of carbonyl (C=O) groups excluding carboxylic acids is 1. The maximum atomic E-state index is 15.3. The molecule has 0 N–H and O–H groups in total. The quantitative estimate of drug-likeness (QED) is 0.0757. The summed E-state index contributed by atoms with van der Waals surface area (Å²) in [7, 11) is 0. The highest BCUT2D eigenvalue weighted by Gasteiger charge is 2.30. The first-order valence-electron chi connectivity index (χ1n) is 33.6. The van der Waals surface area contributed by atoms with Gasteiger partial charge in [0.05, 0.1) is 13.2 Å². The van der Waals surface area contributed by atoms with Gasteiger partial charge < -0.3 is 18.9 Å². The van der Waals surface area contributed by atoms with Crippen molar-refractivity contribution >= 4 is 22.5 Å². The summed E-state index contributed by atoms with van der Waals surface area (Å²) >= 11 is 0. The van der Waals surface area contributed by atoms with Crippen LogP contribution < -0.4 is 9.47 Å². The number of Topliss-reactive ketones (excluding diaryl/α,β-unsaturated/α-hetero) is 1. The van der Waals surface area contributed by atoms with E-state index >= 15 is 8.78 Å². The lowest BCUT2D eigenvalue weighted by Crippen LogP contribution is -2.14. The molecular weight excluding hydrogens is 1240 g/mol. The fraction of sp³-hybridized carbons (Fsp3) is 0.449. The predicted molar refractivity (Wildman–Crippen MR) is 348 cm³/mol. The highest BCUT2D eigenvalue weighted by Crippen LogP contribution is 2.44. The number of rotatable bonds is 15. The monoisotopic (exact) mass is 1330 g/mol. The van der Waals surface area contributed by atoms with Crippen LogP contribution in [0.25, 0.3) is 16.7 Å². The summed E-state index contributed by atoms with van der Waals surface area (Å²) in [5, 5.41) is 0. The third kappa shape index (κ3) is 19.3. The van der Waals surface area contributed by atoms with Crippen LogP contribution in [-0.4, -0.2) is 45.4 Å². The zero-order chi connectivity index (χ0) is 68.1. The van der Waals surface area contributed by atoms with Crippen molar-refractivity contribution in [3.05, 3.63) is 217 Å². The van der Waals surface area contributed by atoms with E-state index in [4.69, 9.17) is 18.9 Å². The Kier molecular flexibility index (Phi) is 28.2. The molecule has 3 fully saturated rings. The molecule has 2 heterocycles. The first kappa shape index (κ1) is 73.7. The smallest absolute Gasteiger partial charge is 0.201 e. The van der Waals surface area contributed by atoms with E-state index in [1.807, 2.05) is 13.8 Å². The highest BCUT2D eigenvalue weighted by molar-refractivity contribution is 5.79. The second kappa shape index (κ2) is 36.3. The molecule has 1 saturated carbocycles. The molecule has 0 aromatic heterocycles. The van der Waals surface area contributed by atoms with Crippen molar-refractivity contribution in [2.45, 2.75) is 186 Å². The number of carbonyl (C=O) groups is 1. The number of ether oxygens (including phenoxy) is 4. The lowest BCUT2D eigenvalue weighted by Gasteiger charge is -2.25. The second-order valence-electron chi connectivity index (χ2n) is 25.1. The largest absolute Gasteiger partial charge is 0.490 e. The second-order valence-corrected chi connectivity index (χ2v) is 25.1. The van der Waals surface area contributed by atoms with Crippen molar-refractivity contribution in [2.24, 2.45) is 0 Å². The summed E-state index contributed by atoms with van der Waals surface area (Å²) in [5.74, 6) is -11.3. The summed E-state index contributed by atoms with van der Waals surface area (Å²) in [6.07, 6.45) is 20.0. The van der Waals surface area contributed by atoms with E-state index in [-0.39, 0.29) is 68.8 Å². The zero-order valence-corrected chi connectivity index (χ0v) is 54.7.